The zero-order valence-corrected chi connectivity index (χ0v) is 19.0. The molecule has 1 aromatic rings. The molecule has 146 valence electrons. The van der Waals surface area contributed by atoms with E-state index in [4.69, 9.17) is 4.74 Å². The van der Waals surface area contributed by atoms with E-state index in [1.165, 1.54) is 36.8 Å². The molecular weight excluding hydrogens is 437 g/mol. The molecule has 4 nitrogen and oxygen atoms in total. The van der Waals surface area contributed by atoms with Crippen molar-refractivity contribution >= 4 is 29.8 Å². The van der Waals surface area contributed by atoms with Crippen LogP contribution < -0.4 is 10.1 Å². The van der Waals surface area contributed by atoms with Crippen molar-refractivity contribution in [2.75, 3.05) is 26.2 Å². The Labute approximate surface area is 175 Å². The van der Waals surface area contributed by atoms with Gasteiger partial charge in [0.25, 0.3) is 0 Å². The normalized spacial score (nSPS) is 16.3. The number of aryl methyl sites for hydroxylation is 2. The van der Waals surface area contributed by atoms with E-state index in [2.05, 4.69) is 55.0 Å². The number of nitrogens with zero attached hydrogens (tertiary/aromatic N) is 2. The zero-order valence-electron chi connectivity index (χ0n) is 16.7. The van der Waals surface area contributed by atoms with E-state index in [1.54, 1.807) is 0 Å². The average molecular weight is 471 g/mol. The number of rotatable bonds is 7. The van der Waals surface area contributed by atoms with Gasteiger partial charge in [0.15, 0.2) is 0 Å². The molecule has 1 heterocycles. The minimum Gasteiger partial charge on any atom is -0.491 e. The van der Waals surface area contributed by atoms with E-state index >= 15 is 0 Å². The Bertz CT molecular complexity index is 620. The van der Waals surface area contributed by atoms with Crippen LogP contribution in [0.4, 0.5) is 0 Å². The summed E-state index contributed by atoms with van der Waals surface area (Å²) >= 11 is 0. The van der Waals surface area contributed by atoms with Crippen LogP contribution in [0.5, 0.6) is 5.75 Å². The predicted octanol–water partition coefficient (Wildman–Crippen LogP) is 4.03. The number of hydrogen-bond acceptors (Lipinski definition) is 4. The summed E-state index contributed by atoms with van der Waals surface area (Å²) in [5.41, 5.74) is 4.10. The zero-order chi connectivity index (χ0) is 17.8. The van der Waals surface area contributed by atoms with Gasteiger partial charge in [0.2, 0.25) is 0 Å². The number of ether oxygens (including phenoxy) is 1. The lowest BCUT2D eigenvalue weighted by Gasteiger charge is -2.30. The molecule has 0 spiro atoms. The van der Waals surface area contributed by atoms with Crippen molar-refractivity contribution in [2.24, 2.45) is 4.99 Å². The molecule has 0 amide bonds. The molecule has 0 bridgehead atoms. The van der Waals surface area contributed by atoms with Crippen molar-refractivity contribution in [1.29, 1.82) is 0 Å². The van der Waals surface area contributed by atoms with Gasteiger partial charge in [-0.15, -0.1) is 24.0 Å². The van der Waals surface area contributed by atoms with Gasteiger partial charge >= 0.3 is 0 Å². The van der Waals surface area contributed by atoms with Crippen molar-refractivity contribution in [2.45, 2.75) is 65.5 Å². The lowest BCUT2D eigenvalue weighted by atomic mass is 9.89. The van der Waals surface area contributed by atoms with Crippen molar-refractivity contribution in [3.05, 3.63) is 28.8 Å². The fourth-order valence-electron chi connectivity index (χ4n) is 4.02. The molecule has 0 fully saturated rings. The monoisotopic (exact) mass is 471 g/mol. The molecule has 1 N–H and O–H groups in total. The smallest absolute Gasteiger partial charge is 0.132 e. The van der Waals surface area contributed by atoms with Crippen LogP contribution in [0, 0.1) is 0 Å². The molecule has 0 aromatic heterocycles. The molecule has 0 unspecified atom stereocenters. The first-order valence-corrected chi connectivity index (χ1v) is 9.89. The number of nitrogens with one attached hydrogen (secondary N) is 1. The molecule has 1 aliphatic heterocycles. The van der Waals surface area contributed by atoms with Crippen LogP contribution in [0.3, 0.4) is 0 Å². The quantitative estimate of drug-likeness (QED) is 0.611. The number of hydrogen-bond donors (Lipinski definition) is 1. The molecule has 1 aliphatic carbocycles. The summed E-state index contributed by atoms with van der Waals surface area (Å²) in [6.45, 7) is 12.5. The average Bonchev–Trinajstić information content (AvgIpc) is 3.11. The van der Waals surface area contributed by atoms with E-state index in [0.29, 0.717) is 12.1 Å². The molecule has 0 radical (unpaired) electrons. The van der Waals surface area contributed by atoms with Gasteiger partial charge < -0.3 is 10.1 Å². The predicted molar refractivity (Wildman–Crippen MR) is 120 cm³/mol. The van der Waals surface area contributed by atoms with Gasteiger partial charge in [-0.1, -0.05) is 0 Å². The first-order chi connectivity index (χ1) is 12.1. The number of fused-ring (bicyclic) bond motifs is 1. The maximum atomic E-state index is 6.28. The highest BCUT2D eigenvalue weighted by Crippen LogP contribution is 2.30. The Balaban J connectivity index is 0.00000243. The second-order valence-corrected chi connectivity index (χ2v) is 7.76. The van der Waals surface area contributed by atoms with E-state index in [1.807, 2.05) is 0 Å². The topological polar surface area (TPSA) is 36.9 Å². The fraction of sp³-hybridized carbons (Fsp3) is 0.667. The summed E-state index contributed by atoms with van der Waals surface area (Å²) in [5.74, 6) is 2.01. The highest BCUT2D eigenvalue weighted by Gasteiger charge is 2.20. The largest absolute Gasteiger partial charge is 0.491 e. The Morgan fingerprint density at radius 3 is 2.31 bits per heavy atom. The Hall–Kier alpha value is -0.820. The third-order valence-corrected chi connectivity index (χ3v) is 5.31. The molecule has 2 aliphatic rings. The van der Waals surface area contributed by atoms with Crippen LogP contribution in [0.15, 0.2) is 17.1 Å². The number of halogens is 1. The number of aliphatic imine (C=N–C) groups is 1. The van der Waals surface area contributed by atoms with E-state index in [9.17, 15) is 0 Å². The third-order valence-electron chi connectivity index (χ3n) is 5.31. The van der Waals surface area contributed by atoms with Crippen LogP contribution in [-0.2, 0) is 12.8 Å². The van der Waals surface area contributed by atoms with E-state index < -0.39 is 0 Å². The van der Waals surface area contributed by atoms with Crippen molar-refractivity contribution in [3.8, 4) is 5.75 Å². The fourth-order valence-corrected chi connectivity index (χ4v) is 4.02. The van der Waals surface area contributed by atoms with Crippen LogP contribution in [0.25, 0.3) is 0 Å². The second kappa shape index (κ2) is 9.93. The summed E-state index contributed by atoms with van der Waals surface area (Å²) in [4.78, 5) is 7.11. The van der Waals surface area contributed by atoms with Gasteiger partial charge in [0, 0.05) is 25.2 Å². The van der Waals surface area contributed by atoms with Crippen molar-refractivity contribution < 1.29 is 4.74 Å². The first-order valence-electron chi connectivity index (χ1n) is 9.89. The van der Waals surface area contributed by atoms with Crippen molar-refractivity contribution in [3.63, 3.8) is 0 Å². The molecule has 0 atom stereocenters. The van der Waals surface area contributed by atoms with Gasteiger partial charge in [-0.25, -0.2) is 0 Å². The summed E-state index contributed by atoms with van der Waals surface area (Å²) in [5, 5.41) is 3.42. The van der Waals surface area contributed by atoms with Gasteiger partial charge in [0.05, 0.1) is 12.1 Å². The molecule has 5 heteroatoms. The number of benzene rings is 1. The molecule has 26 heavy (non-hydrogen) atoms. The second-order valence-electron chi connectivity index (χ2n) is 7.76. The maximum Gasteiger partial charge on any atom is 0.132 e. The lowest BCUT2D eigenvalue weighted by molar-refractivity contribution is 0.142. The SMILES string of the molecule is CC(C)N(CCOc1cc2c(cc1C1=NCCN1)CCCC2)C(C)C.I. The number of amidine groups is 1. The van der Waals surface area contributed by atoms with Crippen LogP contribution in [0.2, 0.25) is 0 Å². The summed E-state index contributed by atoms with van der Waals surface area (Å²) in [7, 11) is 0. The summed E-state index contributed by atoms with van der Waals surface area (Å²) in [6.07, 6.45) is 4.95. The molecule has 1 aromatic carbocycles. The Kier molecular flexibility index (Phi) is 8.20. The maximum absolute atomic E-state index is 6.28. The molecule has 0 saturated heterocycles. The summed E-state index contributed by atoms with van der Waals surface area (Å²) < 4.78 is 6.28. The van der Waals surface area contributed by atoms with Crippen LogP contribution in [-0.4, -0.2) is 49.1 Å². The lowest BCUT2D eigenvalue weighted by Crippen LogP contribution is -2.39. The van der Waals surface area contributed by atoms with Crippen LogP contribution >= 0.6 is 24.0 Å². The Morgan fingerprint density at radius 2 is 1.73 bits per heavy atom. The van der Waals surface area contributed by atoms with Gasteiger partial charge in [-0.3, -0.25) is 9.89 Å². The van der Waals surface area contributed by atoms with Crippen molar-refractivity contribution in [1.82, 2.24) is 10.2 Å². The highest BCUT2D eigenvalue weighted by atomic mass is 127. The minimum absolute atomic E-state index is 0. The van der Waals surface area contributed by atoms with Gasteiger partial charge in [-0.2, -0.15) is 0 Å². The molecule has 0 saturated carbocycles. The summed E-state index contributed by atoms with van der Waals surface area (Å²) in [6, 6.07) is 5.67. The minimum atomic E-state index is 0. The first kappa shape index (κ1) is 21.5. The highest BCUT2D eigenvalue weighted by molar-refractivity contribution is 14.0. The van der Waals surface area contributed by atoms with E-state index in [0.717, 1.165) is 43.4 Å². The van der Waals surface area contributed by atoms with E-state index in [-0.39, 0.29) is 24.0 Å². The molecule has 3 rings (SSSR count). The molecular formula is C21H34IN3O. The van der Waals surface area contributed by atoms with Crippen LogP contribution in [0.1, 0.15) is 57.2 Å². The standard InChI is InChI=1S/C21H33N3O.HI/c1-15(2)24(16(3)4)11-12-25-20-14-18-8-6-5-7-17(18)13-19(20)21-22-9-10-23-21;/h13-16H,5-12H2,1-4H3,(H,22,23);1H. The Morgan fingerprint density at radius 1 is 1.08 bits per heavy atom. The van der Waals surface area contributed by atoms with Gasteiger partial charge in [0.1, 0.15) is 18.2 Å². The third kappa shape index (κ3) is 5.12. The van der Waals surface area contributed by atoms with Gasteiger partial charge in [-0.05, 0) is 76.6 Å².